The number of esters is 4. The molecule has 0 heterocycles. The third-order valence-electron chi connectivity index (χ3n) is 12.1. The van der Waals surface area contributed by atoms with E-state index < -0.39 is 32.5 Å². The van der Waals surface area contributed by atoms with Crippen LogP contribution < -0.4 is 0 Å². The van der Waals surface area contributed by atoms with Gasteiger partial charge in [-0.3, -0.25) is 32.7 Å². The molecular formula is C54H105NO12P+. The van der Waals surface area contributed by atoms with Crippen molar-refractivity contribution in [1.82, 2.24) is 0 Å². The summed E-state index contributed by atoms with van der Waals surface area (Å²) in [4.78, 5) is 52.1. The number of nitrogens with zero attached hydrogens (tertiary/aromatic N) is 1. The van der Waals surface area contributed by atoms with Gasteiger partial charge in [0.25, 0.3) is 0 Å². The predicted molar refractivity (Wildman–Crippen MR) is 274 cm³/mol. The Kier molecular flexibility index (Phi) is 43.5. The van der Waals surface area contributed by atoms with E-state index in [1.54, 1.807) is 6.92 Å². The van der Waals surface area contributed by atoms with Crippen molar-refractivity contribution in [3.8, 4) is 0 Å². The first-order valence-electron chi connectivity index (χ1n) is 27.8. The highest BCUT2D eigenvalue weighted by Gasteiger charge is 2.30. The van der Waals surface area contributed by atoms with E-state index in [1.165, 1.54) is 103 Å². The van der Waals surface area contributed by atoms with Gasteiger partial charge in [0.2, 0.25) is 0 Å². The molecule has 0 aliphatic rings. The van der Waals surface area contributed by atoms with Crippen LogP contribution in [0.3, 0.4) is 0 Å². The number of carbonyl (C=O) groups excluding carboxylic acids is 4. The summed E-state index contributed by atoms with van der Waals surface area (Å²) in [5, 5.41) is 0. The summed E-state index contributed by atoms with van der Waals surface area (Å²) >= 11 is 0. The molecule has 0 bridgehead atoms. The number of carbonyl (C=O) groups is 4. The Bertz CT molecular complexity index is 1240. The van der Waals surface area contributed by atoms with E-state index in [4.69, 9.17) is 32.5 Å². The Balaban J connectivity index is 5.41. The molecule has 0 rings (SSSR count). The van der Waals surface area contributed by atoms with Gasteiger partial charge in [-0.1, -0.05) is 156 Å². The van der Waals surface area contributed by atoms with Gasteiger partial charge >= 0.3 is 31.7 Å². The Morgan fingerprint density at radius 1 is 0.397 bits per heavy atom. The van der Waals surface area contributed by atoms with Crippen molar-refractivity contribution in [3.05, 3.63) is 0 Å². The van der Waals surface area contributed by atoms with Crippen molar-refractivity contribution >= 4 is 31.7 Å². The fraction of sp³-hybridized carbons (Fsp3) is 0.926. The molecular weight excluding hydrogens is 886 g/mol. The van der Waals surface area contributed by atoms with Crippen molar-refractivity contribution in [1.29, 1.82) is 0 Å². The lowest BCUT2D eigenvalue weighted by molar-refractivity contribution is -0.870. The van der Waals surface area contributed by atoms with E-state index in [9.17, 15) is 23.7 Å². The Hall–Kier alpha value is -2.05. The second kappa shape index (κ2) is 44.9. The summed E-state index contributed by atoms with van der Waals surface area (Å²) in [6.07, 6.45) is 30.7. The smallest absolute Gasteiger partial charge is 0.462 e. The molecule has 402 valence electrons. The van der Waals surface area contributed by atoms with Crippen LogP contribution >= 0.6 is 7.82 Å². The molecule has 0 aliphatic carbocycles. The van der Waals surface area contributed by atoms with Crippen LogP contribution in [0.4, 0.5) is 0 Å². The second-order valence-corrected chi connectivity index (χ2v) is 21.6. The molecule has 0 saturated carbocycles. The normalized spacial score (nSPS) is 13.1. The molecule has 0 fully saturated rings. The quantitative estimate of drug-likeness (QED) is 0.0188. The molecule has 0 radical (unpaired) electrons. The van der Waals surface area contributed by atoms with Crippen LogP contribution in [0.1, 0.15) is 253 Å². The van der Waals surface area contributed by atoms with Gasteiger partial charge in [-0.25, -0.2) is 4.57 Å². The van der Waals surface area contributed by atoms with Gasteiger partial charge in [-0.2, -0.15) is 0 Å². The zero-order valence-electron chi connectivity index (χ0n) is 45.1. The zero-order valence-corrected chi connectivity index (χ0v) is 46.0. The highest BCUT2D eigenvalue weighted by Crippen LogP contribution is 2.49. The highest BCUT2D eigenvalue weighted by atomic mass is 31.2. The standard InChI is InChI=1S/C54H105NO12P/c1-9-14-18-22-26-30-36-48(37-31-27-23-19-15-10-2)65-52(57)41-34-40-51(56)61-46-50(47-64-68(60,62-13-5)63-45-44-55(6,7)8)67-54(59)43-35-42-53(58)66-49(38-32-28-24-20-16-11-3)39-33-29-25-21-17-12-4/h48-50H,9-47H2,1-8H3/q+1/t50-,68?/m1/s1. The maximum absolute atomic E-state index is 13.5. The summed E-state index contributed by atoms with van der Waals surface area (Å²) in [5.41, 5.74) is 0. The SMILES string of the molecule is CCCCCCCCC(CCCCCCCC)OC(=O)CCCC(=O)OC[C@H](COP(=O)(OCC)OCC[N+](C)(C)C)OC(=O)CCCC(=O)OC(CCCCCCCC)CCCCCCCC. The number of phosphoric acid groups is 1. The lowest BCUT2D eigenvalue weighted by Crippen LogP contribution is -2.37. The maximum Gasteiger partial charge on any atom is 0.475 e. The van der Waals surface area contributed by atoms with Gasteiger partial charge in [-0.05, 0) is 71.1 Å². The molecule has 0 aliphatic heterocycles. The third kappa shape index (κ3) is 42.8. The van der Waals surface area contributed by atoms with E-state index in [1.807, 2.05) is 21.1 Å². The van der Waals surface area contributed by atoms with E-state index in [-0.39, 0.29) is 82.5 Å². The van der Waals surface area contributed by atoms with Crippen LogP contribution in [0.15, 0.2) is 0 Å². The van der Waals surface area contributed by atoms with Crippen molar-refractivity contribution in [2.75, 3.05) is 54.1 Å². The molecule has 0 aromatic carbocycles. The van der Waals surface area contributed by atoms with E-state index in [2.05, 4.69) is 27.7 Å². The molecule has 13 nitrogen and oxygen atoms in total. The summed E-state index contributed by atoms with van der Waals surface area (Å²) < 4.78 is 53.8. The molecule has 2 atom stereocenters. The number of phosphoric ester groups is 1. The lowest BCUT2D eigenvalue weighted by atomic mass is 10.0. The van der Waals surface area contributed by atoms with Gasteiger partial charge < -0.3 is 23.4 Å². The molecule has 0 amide bonds. The largest absolute Gasteiger partial charge is 0.475 e. The number of hydrogen-bond acceptors (Lipinski definition) is 12. The van der Waals surface area contributed by atoms with Gasteiger partial charge in [-0.15, -0.1) is 0 Å². The van der Waals surface area contributed by atoms with E-state index >= 15 is 0 Å². The minimum Gasteiger partial charge on any atom is -0.462 e. The zero-order chi connectivity index (χ0) is 50.6. The van der Waals surface area contributed by atoms with Gasteiger partial charge in [0.05, 0.1) is 34.4 Å². The predicted octanol–water partition coefficient (Wildman–Crippen LogP) is 14.5. The van der Waals surface area contributed by atoms with Crippen LogP contribution in [0.2, 0.25) is 0 Å². The van der Waals surface area contributed by atoms with Crippen LogP contribution in [0.5, 0.6) is 0 Å². The number of quaternary nitrogens is 1. The first-order chi connectivity index (χ1) is 32.7. The molecule has 1 unspecified atom stereocenters. The number of ether oxygens (including phenoxy) is 4. The summed E-state index contributed by atoms with van der Waals surface area (Å²) in [6.45, 7) is 10.4. The summed E-state index contributed by atoms with van der Waals surface area (Å²) in [7, 11) is 1.86. The van der Waals surface area contributed by atoms with Crippen LogP contribution in [-0.4, -0.2) is 101 Å². The summed E-state index contributed by atoms with van der Waals surface area (Å²) in [5.74, 6) is -1.85. The average Bonchev–Trinajstić information content (AvgIpc) is 3.28. The minimum atomic E-state index is -4.05. The van der Waals surface area contributed by atoms with E-state index in [0.717, 1.165) is 77.0 Å². The number of hydrogen-bond donors (Lipinski definition) is 0. The van der Waals surface area contributed by atoms with E-state index in [0.29, 0.717) is 11.0 Å². The Labute approximate surface area is 416 Å². The molecule has 0 spiro atoms. The maximum atomic E-state index is 13.5. The Morgan fingerprint density at radius 3 is 1.09 bits per heavy atom. The molecule has 0 aromatic rings. The number of rotatable bonds is 50. The molecule has 14 heteroatoms. The Morgan fingerprint density at radius 2 is 0.735 bits per heavy atom. The van der Waals surface area contributed by atoms with Crippen molar-refractivity contribution in [2.24, 2.45) is 0 Å². The average molecular weight is 991 g/mol. The first-order valence-corrected chi connectivity index (χ1v) is 29.2. The van der Waals surface area contributed by atoms with Gasteiger partial charge in [0, 0.05) is 25.7 Å². The second-order valence-electron chi connectivity index (χ2n) is 20.0. The van der Waals surface area contributed by atoms with Gasteiger partial charge in [0.15, 0.2) is 6.10 Å². The molecule has 0 saturated heterocycles. The topological polar surface area (TPSA) is 150 Å². The molecule has 68 heavy (non-hydrogen) atoms. The van der Waals surface area contributed by atoms with Crippen molar-refractivity contribution in [3.63, 3.8) is 0 Å². The van der Waals surface area contributed by atoms with Crippen molar-refractivity contribution in [2.45, 2.75) is 271 Å². The minimum absolute atomic E-state index is 0.0391. The molecule has 0 N–H and O–H groups in total. The molecule has 0 aromatic heterocycles. The fourth-order valence-electron chi connectivity index (χ4n) is 7.87. The number of likely N-dealkylation sites (N-methyl/N-ethyl adjacent to an activating group) is 1. The highest BCUT2D eigenvalue weighted by molar-refractivity contribution is 7.48. The lowest BCUT2D eigenvalue weighted by Gasteiger charge is -2.25. The fourth-order valence-corrected chi connectivity index (χ4v) is 9.06. The first kappa shape index (κ1) is 66.0. The van der Waals surface area contributed by atoms with Crippen molar-refractivity contribution < 1.29 is 60.7 Å². The summed E-state index contributed by atoms with van der Waals surface area (Å²) in [6, 6.07) is 0. The number of unbranched alkanes of at least 4 members (excludes halogenated alkanes) is 20. The third-order valence-corrected chi connectivity index (χ3v) is 13.6. The van der Waals surface area contributed by atoms with Gasteiger partial charge in [0.1, 0.15) is 32.0 Å². The van der Waals surface area contributed by atoms with Crippen LogP contribution in [0.25, 0.3) is 0 Å². The van der Waals surface area contributed by atoms with Crippen LogP contribution in [0, 0.1) is 0 Å². The van der Waals surface area contributed by atoms with Crippen LogP contribution in [-0.2, 0) is 56.3 Å². The monoisotopic (exact) mass is 991 g/mol.